The standard InChI is InChI=1S/C28H27ClN4O3/c1-4-33(5-2)16-17-6-10-20(11-7-17)30-26(18-8-13-23-24(14-18)36-28(35)32(23)3)25-21-12-9-19(29)15-22(21)31-27(25)34/h6-15,25H,4-5,16H2,1-3H3,(H,31,34). The average Bonchev–Trinajstić information content (AvgIpc) is 3.35. The number of halogens is 1. The highest BCUT2D eigenvalue weighted by atomic mass is 35.5. The van der Waals surface area contributed by atoms with Crippen molar-refractivity contribution < 1.29 is 9.21 Å². The van der Waals surface area contributed by atoms with E-state index in [1.54, 1.807) is 25.2 Å². The first-order valence-corrected chi connectivity index (χ1v) is 12.4. The Morgan fingerprint density at radius 3 is 2.53 bits per heavy atom. The third-order valence-electron chi connectivity index (χ3n) is 6.69. The Labute approximate surface area is 214 Å². The molecule has 1 amide bonds. The van der Waals surface area contributed by atoms with Gasteiger partial charge in [0.2, 0.25) is 5.91 Å². The van der Waals surface area contributed by atoms with Crippen molar-refractivity contribution >= 4 is 45.7 Å². The van der Waals surface area contributed by atoms with Crippen molar-refractivity contribution in [2.24, 2.45) is 12.0 Å². The summed E-state index contributed by atoms with van der Waals surface area (Å²) in [5.41, 5.74) is 5.79. The Hall–Kier alpha value is -3.68. The zero-order valence-corrected chi connectivity index (χ0v) is 21.2. The summed E-state index contributed by atoms with van der Waals surface area (Å²) >= 11 is 6.17. The molecule has 0 aliphatic carbocycles. The lowest BCUT2D eigenvalue weighted by molar-refractivity contribution is -0.115. The lowest BCUT2D eigenvalue weighted by atomic mass is 9.90. The summed E-state index contributed by atoms with van der Waals surface area (Å²) < 4.78 is 6.87. The van der Waals surface area contributed by atoms with Gasteiger partial charge in [0.15, 0.2) is 5.58 Å². The molecule has 1 aliphatic heterocycles. The average molecular weight is 503 g/mol. The van der Waals surface area contributed by atoms with Gasteiger partial charge in [-0.05, 0) is 60.6 Å². The highest BCUT2D eigenvalue weighted by molar-refractivity contribution is 6.31. The van der Waals surface area contributed by atoms with Gasteiger partial charge >= 0.3 is 5.76 Å². The van der Waals surface area contributed by atoms with Crippen LogP contribution in [0, 0.1) is 0 Å². The lowest BCUT2D eigenvalue weighted by Gasteiger charge is -2.18. The predicted octanol–water partition coefficient (Wildman–Crippen LogP) is 5.48. The summed E-state index contributed by atoms with van der Waals surface area (Å²) in [6, 6.07) is 18.9. The van der Waals surface area contributed by atoms with Gasteiger partial charge < -0.3 is 9.73 Å². The summed E-state index contributed by atoms with van der Waals surface area (Å²) in [6.07, 6.45) is 0. The molecule has 184 valence electrons. The molecular weight excluding hydrogens is 476 g/mol. The molecule has 3 aromatic carbocycles. The monoisotopic (exact) mass is 502 g/mol. The number of nitrogens with zero attached hydrogens (tertiary/aromatic N) is 3. The van der Waals surface area contributed by atoms with Gasteiger partial charge in [-0.15, -0.1) is 0 Å². The second kappa shape index (κ2) is 9.76. The number of anilines is 1. The van der Waals surface area contributed by atoms with Crippen LogP contribution in [0.1, 0.15) is 36.5 Å². The molecule has 1 N–H and O–H groups in total. The summed E-state index contributed by atoms with van der Waals surface area (Å²) in [4.78, 5) is 32.6. The Balaban J connectivity index is 1.61. The Kier molecular flexibility index (Phi) is 6.51. The van der Waals surface area contributed by atoms with Gasteiger partial charge in [0, 0.05) is 29.9 Å². The topological polar surface area (TPSA) is 79.8 Å². The van der Waals surface area contributed by atoms with Crippen LogP contribution in [0.15, 0.2) is 74.9 Å². The highest BCUT2D eigenvalue weighted by Crippen LogP contribution is 2.38. The fourth-order valence-electron chi connectivity index (χ4n) is 4.62. The van der Waals surface area contributed by atoms with Crippen molar-refractivity contribution in [2.75, 3.05) is 18.4 Å². The lowest BCUT2D eigenvalue weighted by Crippen LogP contribution is -2.22. The summed E-state index contributed by atoms with van der Waals surface area (Å²) in [6.45, 7) is 7.14. The van der Waals surface area contributed by atoms with Gasteiger partial charge in [0.05, 0.1) is 16.9 Å². The van der Waals surface area contributed by atoms with E-state index in [4.69, 9.17) is 21.0 Å². The van der Waals surface area contributed by atoms with Crippen molar-refractivity contribution in [3.05, 3.63) is 92.9 Å². The zero-order valence-electron chi connectivity index (χ0n) is 20.4. The van der Waals surface area contributed by atoms with E-state index in [1.165, 1.54) is 10.1 Å². The molecule has 8 heteroatoms. The van der Waals surface area contributed by atoms with Gasteiger partial charge in [0.25, 0.3) is 0 Å². The molecule has 1 aromatic heterocycles. The molecule has 1 atom stereocenters. The molecule has 1 unspecified atom stereocenters. The summed E-state index contributed by atoms with van der Waals surface area (Å²) in [5.74, 6) is -1.26. The number of benzene rings is 3. The van der Waals surface area contributed by atoms with Crippen molar-refractivity contribution in [2.45, 2.75) is 26.3 Å². The number of aryl methyl sites for hydroxylation is 1. The van der Waals surface area contributed by atoms with E-state index in [0.29, 0.717) is 33.1 Å². The van der Waals surface area contributed by atoms with Gasteiger partial charge in [-0.1, -0.05) is 49.7 Å². The predicted molar refractivity (Wildman–Crippen MR) is 144 cm³/mol. The summed E-state index contributed by atoms with van der Waals surface area (Å²) in [5, 5.41) is 3.48. The second-order valence-corrected chi connectivity index (χ2v) is 9.32. The third-order valence-corrected chi connectivity index (χ3v) is 6.93. The van der Waals surface area contributed by atoms with Gasteiger partial charge in [-0.3, -0.25) is 19.3 Å². The van der Waals surface area contributed by atoms with Crippen molar-refractivity contribution in [1.82, 2.24) is 9.47 Å². The molecule has 4 aromatic rings. The minimum Gasteiger partial charge on any atom is -0.408 e. The maximum atomic E-state index is 13.2. The molecule has 36 heavy (non-hydrogen) atoms. The zero-order chi connectivity index (χ0) is 25.4. The Morgan fingerprint density at radius 1 is 1.06 bits per heavy atom. The normalized spacial score (nSPS) is 15.5. The number of hydrogen-bond acceptors (Lipinski definition) is 5. The largest absolute Gasteiger partial charge is 0.419 e. The van der Waals surface area contributed by atoms with Crippen LogP contribution in [0.25, 0.3) is 11.1 Å². The molecule has 2 heterocycles. The number of aliphatic imine (C=N–C) groups is 1. The first kappa shape index (κ1) is 24.0. The van der Waals surface area contributed by atoms with E-state index in [-0.39, 0.29) is 5.91 Å². The number of carbonyl (C=O) groups is 1. The van der Waals surface area contributed by atoms with E-state index >= 15 is 0 Å². The smallest absolute Gasteiger partial charge is 0.408 e. The second-order valence-electron chi connectivity index (χ2n) is 8.89. The van der Waals surface area contributed by atoms with E-state index < -0.39 is 11.7 Å². The van der Waals surface area contributed by atoms with Crippen LogP contribution in [0.5, 0.6) is 0 Å². The third kappa shape index (κ3) is 4.47. The van der Waals surface area contributed by atoms with Gasteiger partial charge in [-0.25, -0.2) is 4.79 Å². The molecule has 0 bridgehead atoms. The van der Waals surface area contributed by atoms with Crippen molar-refractivity contribution in [3.63, 3.8) is 0 Å². The molecule has 5 rings (SSSR count). The first-order valence-electron chi connectivity index (χ1n) is 12.0. The van der Waals surface area contributed by atoms with Crippen molar-refractivity contribution in [1.29, 1.82) is 0 Å². The van der Waals surface area contributed by atoms with E-state index in [2.05, 4.69) is 36.2 Å². The Morgan fingerprint density at radius 2 is 1.81 bits per heavy atom. The summed E-state index contributed by atoms with van der Waals surface area (Å²) in [7, 11) is 1.66. The van der Waals surface area contributed by atoms with Crippen LogP contribution in [0.2, 0.25) is 5.02 Å². The van der Waals surface area contributed by atoms with E-state index in [1.807, 2.05) is 30.3 Å². The highest BCUT2D eigenvalue weighted by Gasteiger charge is 2.35. The molecular formula is C28H27ClN4O3. The quantitative estimate of drug-likeness (QED) is 0.339. The SMILES string of the molecule is CCN(CC)Cc1ccc(N=C(c2ccc3c(c2)oc(=O)n3C)C2C(=O)Nc3cc(Cl)ccc32)cc1. The fraction of sp³-hybridized carbons (Fsp3) is 0.250. The van der Waals surface area contributed by atoms with Crippen LogP contribution in [0.3, 0.4) is 0 Å². The molecule has 7 nitrogen and oxygen atoms in total. The number of amides is 1. The molecule has 0 radical (unpaired) electrons. The number of rotatable bonds is 7. The number of oxazole rings is 1. The van der Waals surface area contributed by atoms with Crippen LogP contribution in [-0.2, 0) is 18.4 Å². The molecule has 1 aliphatic rings. The van der Waals surface area contributed by atoms with Crippen LogP contribution in [0.4, 0.5) is 11.4 Å². The number of carbonyl (C=O) groups excluding carboxylic acids is 1. The minimum absolute atomic E-state index is 0.182. The number of aromatic nitrogens is 1. The number of nitrogens with one attached hydrogen (secondary N) is 1. The van der Waals surface area contributed by atoms with Crippen molar-refractivity contribution in [3.8, 4) is 0 Å². The number of fused-ring (bicyclic) bond motifs is 2. The Bertz CT molecular complexity index is 1530. The number of hydrogen-bond donors (Lipinski definition) is 1. The molecule has 0 fully saturated rings. The molecule has 0 saturated heterocycles. The van der Waals surface area contributed by atoms with E-state index in [0.717, 1.165) is 30.9 Å². The molecule has 0 spiro atoms. The van der Waals surface area contributed by atoms with Gasteiger partial charge in [-0.2, -0.15) is 0 Å². The fourth-order valence-corrected chi connectivity index (χ4v) is 4.79. The maximum Gasteiger partial charge on any atom is 0.419 e. The van der Waals surface area contributed by atoms with E-state index in [9.17, 15) is 9.59 Å². The van der Waals surface area contributed by atoms with Crippen LogP contribution in [-0.4, -0.2) is 34.2 Å². The maximum absolute atomic E-state index is 13.2. The minimum atomic E-state index is -0.638. The molecule has 0 saturated carbocycles. The van der Waals surface area contributed by atoms with Crippen LogP contribution >= 0.6 is 11.6 Å². The first-order chi connectivity index (χ1) is 17.4. The van der Waals surface area contributed by atoms with Crippen LogP contribution < -0.4 is 11.1 Å². The van der Waals surface area contributed by atoms with Gasteiger partial charge in [0.1, 0.15) is 5.92 Å².